The second-order valence-corrected chi connectivity index (χ2v) is 3.70. The number of ether oxygens (including phenoxy) is 1. The third-order valence-corrected chi connectivity index (χ3v) is 1.73. The van der Waals surface area contributed by atoms with Crippen LogP contribution in [-0.4, -0.2) is 6.10 Å². The van der Waals surface area contributed by atoms with Crippen LogP contribution in [0, 0.1) is 9.64 Å². The minimum absolute atomic E-state index is 0.244. The van der Waals surface area contributed by atoms with Gasteiger partial charge in [-0.05, 0) is 60.7 Å². The van der Waals surface area contributed by atoms with E-state index in [1.807, 2.05) is 32.0 Å². The third-order valence-electron chi connectivity index (χ3n) is 1.11. The molecule has 1 nitrogen and oxygen atoms in total. The van der Waals surface area contributed by atoms with Crippen molar-refractivity contribution in [2.75, 3.05) is 0 Å². The van der Waals surface area contributed by atoms with Gasteiger partial charge in [0.2, 0.25) is 0 Å². The highest BCUT2D eigenvalue weighted by Gasteiger charge is 1.96. The van der Waals surface area contributed by atoms with Crippen LogP contribution in [0.15, 0.2) is 18.2 Å². The highest BCUT2D eigenvalue weighted by molar-refractivity contribution is 14.1. The fraction of sp³-hybridized carbons (Fsp3) is 0.333. The Morgan fingerprint density at radius 2 is 2.27 bits per heavy atom. The molecule has 0 heterocycles. The van der Waals surface area contributed by atoms with Gasteiger partial charge in [0.05, 0.1) is 6.10 Å². The molecule has 59 valence electrons. The number of hydrogen-bond acceptors (Lipinski definition) is 1. The predicted molar refractivity (Wildman–Crippen MR) is 53.8 cm³/mol. The quantitative estimate of drug-likeness (QED) is 0.744. The van der Waals surface area contributed by atoms with Crippen LogP contribution in [0.2, 0.25) is 0 Å². The Morgan fingerprint density at radius 3 is 2.82 bits per heavy atom. The molecule has 0 N–H and O–H groups in total. The molecule has 0 atom stereocenters. The van der Waals surface area contributed by atoms with Crippen LogP contribution in [0.1, 0.15) is 13.8 Å². The van der Waals surface area contributed by atoms with Crippen molar-refractivity contribution in [1.82, 2.24) is 0 Å². The van der Waals surface area contributed by atoms with Crippen molar-refractivity contribution in [2.45, 2.75) is 20.0 Å². The molecule has 1 radical (unpaired) electrons. The van der Waals surface area contributed by atoms with Crippen molar-refractivity contribution in [1.29, 1.82) is 0 Å². The molecule has 1 rings (SSSR count). The fourth-order valence-electron chi connectivity index (χ4n) is 0.764. The normalized spacial score (nSPS) is 10.2. The zero-order chi connectivity index (χ0) is 8.27. The van der Waals surface area contributed by atoms with Crippen LogP contribution >= 0.6 is 22.6 Å². The summed E-state index contributed by atoms with van der Waals surface area (Å²) in [6.07, 6.45) is 0.244. The number of benzene rings is 1. The monoisotopic (exact) mass is 261 g/mol. The van der Waals surface area contributed by atoms with Gasteiger partial charge in [0.1, 0.15) is 5.75 Å². The lowest BCUT2D eigenvalue weighted by atomic mass is 10.3. The molecule has 0 aliphatic heterocycles. The van der Waals surface area contributed by atoms with Crippen LogP contribution < -0.4 is 4.74 Å². The van der Waals surface area contributed by atoms with E-state index in [0.717, 1.165) is 9.32 Å². The highest BCUT2D eigenvalue weighted by Crippen LogP contribution is 2.15. The van der Waals surface area contributed by atoms with Crippen molar-refractivity contribution in [3.8, 4) is 5.75 Å². The van der Waals surface area contributed by atoms with Gasteiger partial charge in [0.15, 0.2) is 0 Å². The average Bonchev–Trinajstić information content (AvgIpc) is 1.85. The molecule has 1 aromatic carbocycles. The minimum Gasteiger partial charge on any atom is -0.491 e. The molecule has 0 fully saturated rings. The SMILES string of the molecule is CC(C)Oc1cc[c]c(I)c1. The predicted octanol–water partition coefficient (Wildman–Crippen LogP) is 2.88. The highest BCUT2D eigenvalue weighted by atomic mass is 127. The van der Waals surface area contributed by atoms with Gasteiger partial charge in [0.25, 0.3) is 0 Å². The van der Waals surface area contributed by atoms with Gasteiger partial charge in [-0.15, -0.1) is 0 Å². The molecule has 0 bridgehead atoms. The van der Waals surface area contributed by atoms with Gasteiger partial charge in [0, 0.05) is 3.57 Å². The molecule has 0 aliphatic carbocycles. The Kier molecular flexibility index (Phi) is 3.17. The van der Waals surface area contributed by atoms with Crippen molar-refractivity contribution < 1.29 is 4.74 Å². The van der Waals surface area contributed by atoms with E-state index < -0.39 is 0 Å². The molecule has 2 heteroatoms. The molecule has 0 spiro atoms. The second kappa shape index (κ2) is 3.95. The van der Waals surface area contributed by atoms with Gasteiger partial charge in [-0.25, -0.2) is 0 Å². The molecular weight excluding hydrogens is 251 g/mol. The van der Waals surface area contributed by atoms with E-state index >= 15 is 0 Å². The maximum absolute atomic E-state index is 5.47. The van der Waals surface area contributed by atoms with Crippen molar-refractivity contribution in [2.24, 2.45) is 0 Å². The lowest BCUT2D eigenvalue weighted by Gasteiger charge is -2.08. The van der Waals surface area contributed by atoms with E-state index in [9.17, 15) is 0 Å². The Labute approximate surface area is 80.9 Å². The summed E-state index contributed by atoms with van der Waals surface area (Å²) in [6, 6.07) is 8.82. The van der Waals surface area contributed by atoms with Gasteiger partial charge < -0.3 is 4.74 Å². The summed E-state index contributed by atoms with van der Waals surface area (Å²) in [6.45, 7) is 4.03. The van der Waals surface area contributed by atoms with E-state index in [2.05, 4.69) is 28.7 Å². The Morgan fingerprint density at radius 1 is 1.55 bits per heavy atom. The molecule has 0 amide bonds. The van der Waals surface area contributed by atoms with E-state index in [4.69, 9.17) is 4.74 Å². The van der Waals surface area contributed by atoms with E-state index in [0.29, 0.717) is 0 Å². The summed E-state index contributed by atoms with van der Waals surface area (Å²) in [5.74, 6) is 0.920. The zero-order valence-electron chi connectivity index (χ0n) is 6.60. The Hall–Kier alpha value is -0.250. The molecule has 0 aromatic heterocycles. The van der Waals surface area contributed by atoms with E-state index in [1.54, 1.807) is 0 Å². The maximum Gasteiger partial charge on any atom is 0.120 e. The first-order valence-corrected chi connectivity index (χ1v) is 4.60. The van der Waals surface area contributed by atoms with E-state index in [1.165, 1.54) is 0 Å². The van der Waals surface area contributed by atoms with Gasteiger partial charge in [-0.3, -0.25) is 0 Å². The van der Waals surface area contributed by atoms with E-state index in [-0.39, 0.29) is 6.10 Å². The molecule has 1 aromatic rings. The smallest absolute Gasteiger partial charge is 0.120 e. The molecule has 11 heavy (non-hydrogen) atoms. The minimum atomic E-state index is 0.244. The number of rotatable bonds is 2. The number of hydrogen-bond donors (Lipinski definition) is 0. The third kappa shape index (κ3) is 3.10. The van der Waals surface area contributed by atoms with Gasteiger partial charge >= 0.3 is 0 Å². The Balaban J connectivity index is 2.71. The lowest BCUT2D eigenvalue weighted by molar-refractivity contribution is 0.242. The summed E-state index contributed by atoms with van der Waals surface area (Å²) in [5.41, 5.74) is 0. The van der Waals surface area contributed by atoms with Crippen LogP contribution in [0.3, 0.4) is 0 Å². The lowest BCUT2D eigenvalue weighted by Crippen LogP contribution is -2.05. The topological polar surface area (TPSA) is 9.23 Å². The van der Waals surface area contributed by atoms with Gasteiger partial charge in [-0.1, -0.05) is 0 Å². The first-order chi connectivity index (χ1) is 5.18. The summed E-state index contributed by atoms with van der Waals surface area (Å²) >= 11 is 2.22. The number of halogens is 1. The maximum atomic E-state index is 5.47. The molecule has 0 unspecified atom stereocenters. The summed E-state index contributed by atoms with van der Waals surface area (Å²) in [7, 11) is 0. The largest absolute Gasteiger partial charge is 0.491 e. The summed E-state index contributed by atoms with van der Waals surface area (Å²) in [5, 5.41) is 0. The van der Waals surface area contributed by atoms with Crippen molar-refractivity contribution in [3.63, 3.8) is 0 Å². The van der Waals surface area contributed by atoms with Crippen molar-refractivity contribution >= 4 is 22.6 Å². The standard InChI is InChI=1S/C9H10IO/c1-7(2)11-9-5-3-4-8(10)6-9/h3,5-7H,1-2H3. The molecule has 0 aliphatic rings. The summed E-state index contributed by atoms with van der Waals surface area (Å²) in [4.78, 5) is 0. The van der Waals surface area contributed by atoms with Crippen LogP contribution in [0.5, 0.6) is 5.75 Å². The molecular formula is C9H10IO. The van der Waals surface area contributed by atoms with Crippen molar-refractivity contribution in [3.05, 3.63) is 27.8 Å². The van der Waals surface area contributed by atoms with Crippen LogP contribution in [0.4, 0.5) is 0 Å². The Bertz CT molecular complexity index is 233. The fourth-order valence-corrected chi connectivity index (χ4v) is 1.25. The average molecular weight is 261 g/mol. The zero-order valence-corrected chi connectivity index (χ0v) is 8.75. The summed E-state index contributed by atoms with van der Waals surface area (Å²) < 4.78 is 6.55. The molecule has 0 saturated carbocycles. The molecule has 0 saturated heterocycles. The first-order valence-electron chi connectivity index (χ1n) is 3.52. The first kappa shape index (κ1) is 8.84. The van der Waals surface area contributed by atoms with Crippen LogP contribution in [0.25, 0.3) is 0 Å². The van der Waals surface area contributed by atoms with Crippen LogP contribution in [-0.2, 0) is 0 Å². The van der Waals surface area contributed by atoms with Gasteiger partial charge in [-0.2, -0.15) is 0 Å². The second-order valence-electron chi connectivity index (χ2n) is 2.54.